The van der Waals surface area contributed by atoms with Gasteiger partial charge < -0.3 is 9.84 Å². The van der Waals surface area contributed by atoms with Crippen LogP contribution in [0.15, 0.2) is 24.7 Å². The predicted molar refractivity (Wildman–Crippen MR) is 113 cm³/mol. The largest absolute Gasteiger partial charge is 0.392 e. The number of nitrogens with zero attached hydrogens (tertiary/aromatic N) is 4. The average Bonchev–Trinajstić information content (AvgIpc) is 3.16. The third-order valence-electron chi connectivity index (χ3n) is 5.91. The molecule has 1 aliphatic rings. The molecule has 0 aliphatic heterocycles. The minimum absolute atomic E-state index is 0.0916. The molecule has 6 nitrogen and oxygen atoms in total. The summed E-state index contributed by atoms with van der Waals surface area (Å²) in [5, 5.41) is 15.7. The molecule has 3 aromatic heterocycles. The molecule has 0 bridgehead atoms. The molecule has 3 heterocycles. The van der Waals surface area contributed by atoms with Gasteiger partial charge in [0.1, 0.15) is 0 Å². The van der Waals surface area contributed by atoms with E-state index in [0.717, 1.165) is 52.1 Å². The topological polar surface area (TPSA) is 73.1 Å². The number of rotatable bonds is 7. The Morgan fingerprint density at radius 1 is 1.17 bits per heavy atom. The van der Waals surface area contributed by atoms with Crippen LogP contribution < -0.4 is 0 Å². The van der Waals surface area contributed by atoms with Crippen molar-refractivity contribution in [2.24, 2.45) is 5.92 Å². The maximum absolute atomic E-state index is 10.3. The van der Waals surface area contributed by atoms with Crippen LogP contribution >= 0.6 is 0 Å². The van der Waals surface area contributed by atoms with Crippen molar-refractivity contribution in [3.8, 4) is 11.1 Å². The molecule has 0 unspecified atom stereocenters. The summed E-state index contributed by atoms with van der Waals surface area (Å²) in [5.41, 5.74) is 5.45. The van der Waals surface area contributed by atoms with Gasteiger partial charge in [-0.3, -0.25) is 4.98 Å². The van der Waals surface area contributed by atoms with E-state index in [9.17, 15) is 5.11 Å². The molecular formula is C23H30N4O2. The molecule has 0 spiro atoms. The number of hydrogen-bond donors (Lipinski definition) is 1. The summed E-state index contributed by atoms with van der Waals surface area (Å²) in [4.78, 5) is 9.23. The number of pyridine rings is 2. The zero-order valence-electron chi connectivity index (χ0n) is 17.4. The van der Waals surface area contributed by atoms with Gasteiger partial charge in [0.15, 0.2) is 5.65 Å². The maximum atomic E-state index is 10.3. The normalized spacial score (nSPS) is 15.3. The lowest BCUT2D eigenvalue weighted by atomic mass is 9.90. The minimum atomic E-state index is -0.0916. The van der Waals surface area contributed by atoms with E-state index in [2.05, 4.69) is 23.1 Å². The van der Waals surface area contributed by atoms with Crippen molar-refractivity contribution in [3.63, 3.8) is 0 Å². The molecule has 1 N–H and O–H groups in total. The minimum Gasteiger partial charge on any atom is -0.392 e. The summed E-state index contributed by atoms with van der Waals surface area (Å²) in [7, 11) is 0. The van der Waals surface area contributed by atoms with Crippen molar-refractivity contribution in [1.29, 1.82) is 0 Å². The van der Waals surface area contributed by atoms with Gasteiger partial charge in [0.2, 0.25) is 0 Å². The Hall–Kier alpha value is -2.31. The third-order valence-corrected chi connectivity index (χ3v) is 5.91. The Bertz CT molecular complexity index is 976. The summed E-state index contributed by atoms with van der Waals surface area (Å²) in [6.45, 7) is 5.90. The molecule has 0 amide bonds. The first-order valence-electron chi connectivity index (χ1n) is 10.7. The standard InChI is InChI=1S/C23H30N4O2/c1-3-27-23-19(12-25-27)22(18-9-16(2)10-24-11-18)20(13-28)21(26-23)15-29-14-17-7-5-4-6-8-17/h9-12,17,28H,3-8,13-15H2,1-2H3. The fourth-order valence-electron chi connectivity index (χ4n) is 4.39. The number of fused-ring (bicyclic) bond motifs is 1. The molecule has 0 aromatic carbocycles. The van der Waals surface area contributed by atoms with Gasteiger partial charge in [-0.25, -0.2) is 9.67 Å². The molecule has 0 atom stereocenters. The SMILES string of the molecule is CCn1ncc2c(-c3cncc(C)c3)c(CO)c(COCC3CCCCC3)nc21. The Kier molecular flexibility index (Phi) is 6.21. The molecule has 4 rings (SSSR count). The van der Waals surface area contributed by atoms with Gasteiger partial charge in [0.25, 0.3) is 0 Å². The zero-order chi connectivity index (χ0) is 20.2. The van der Waals surface area contributed by atoms with E-state index in [4.69, 9.17) is 9.72 Å². The fraction of sp³-hybridized carbons (Fsp3) is 0.522. The monoisotopic (exact) mass is 394 g/mol. The lowest BCUT2D eigenvalue weighted by Gasteiger charge is -2.21. The molecule has 1 aliphatic carbocycles. The Morgan fingerprint density at radius 2 is 2.00 bits per heavy atom. The molecular weight excluding hydrogens is 364 g/mol. The molecule has 0 saturated heterocycles. The second-order valence-electron chi connectivity index (χ2n) is 8.04. The predicted octanol–water partition coefficient (Wildman–Crippen LogP) is 4.41. The summed E-state index contributed by atoms with van der Waals surface area (Å²) in [6.07, 6.45) is 12.0. The highest BCUT2D eigenvalue weighted by Gasteiger charge is 2.20. The molecule has 0 radical (unpaired) electrons. The second kappa shape index (κ2) is 9.01. The van der Waals surface area contributed by atoms with Gasteiger partial charge in [0.05, 0.1) is 25.1 Å². The van der Waals surface area contributed by atoms with Crippen molar-refractivity contribution < 1.29 is 9.84 Å². The lowest BCUT2D eigenvalue weighted by molar-refractivity contribution is 0.0711. The van der Waals surface area contributed by atoms with Crippen LogP contribution in [-0.2, 0) is 24.5 Å². The summed E-state index contributed by atoms with van der Waals surface area (Å²) in [5.74, 6) is 0.645. The van der Waals surface area contributed by atoms with E-state index in [0.29, 0.717) is 12.5 Å². The van der Waals surface area contributed by atoms with Crippen LogP contribution in [0.25, 0.3) is 22.2 Å². The summed E-state index contributed by atoms with van der Waals surface area (Å²) >= 11 is 0. The van der Waals surface area contributed by atoms with E-state index < -0.39 is 0 Å². The summed E-state index contributed by atoms with van der Waals surface area (Å²) < 4.78 is 7.99. The van der Waals surface area contributed by atoms with Gasteiger partial charge in [0, 0.05) is 47.6 Å². The number of hydrogen-bond acceptors (Lipinski definition) is 5. The highest BCUT2D eigenvalue weighted by molar-refractivity contribution is 5.94. The molecule has 1 saturated carbocycles. The summed E-state index contributed by atoms with van der Waals surface area (Å²) in [6, 6.07) is 2.09. The third kappa shape index (κ3) is 4.19. The van der Waals surface area contributed by atoms with Crippen LogP contribution in [0.2, 0.25) is 0 Å². The van der Waals surface area contributed by atoms with Gasteiger partial charge in [-0.2, -0.15) is 5.10 Å². The molecule has 6 heteroatoms. The van der Waals surface area contributed by atoms with Crippen LogP contribution in [0.5, 0.6) is 0 Å². The van der Waals surface area contributed by atoms with E-state index in [1.807, 2.05) is 30.2 Å². The number of aromatic nitrogens is 4. The van der Waals surface area contributed by atoms with E-state index in [1.165, 1.54) is 32.1 Å². The van der Waals surface area contributed by atoms with Gasteiger partial charge in [-0.05, 0) is 44.2 Å². The zero-order valence-corrected chi connectivity index (χ0v) is 17.4. The van der Waals surface area contributed by atoms with E-state index in [1.54, 1.807) is 0 Å². The highest BCUT2D eigenvalue weighted by Crippen LogP contribution is 2.34. The molecule has 29 heavy (non-hydrogen) atoms. The quantitative estimate of drug-likeness (QED) is 0.642. The number of aliphatic hydroxyl groups is 1. The number of ether oxygens (including phenoxy) is 1. The smallest absolute Gasteiger partial charge is 0.158 e. The van der Waals surface area contributed by atoms with Crippen molar-refractivity contribution in [3.05, 3.63) is 41.5 Å². The van der Waals surface area contributed by atoms with Crippen molar-refractivity contribution in [1.82, 2.24) is 19.7 Å². The van der Waals surface area contributed by atoms with E-state index in [-0.39, 0.29) is 6.61 Å². The van der Waals surface area contributed by atoms with Crippen LogP contribution in [-0.4, -0.2) is 31.5 Å². The van der Waals surface area contributed by atoms with E-state index >= 15 is 0 Å². The number of aliphatic hydroxyl groups excluding tert-OH is 1. The molecule has 3 aromatic rings. The van der Waals surface area contributed by atoms with Crippen molar-refractivity contribution >= 4 is 11.0 Å². The molecule has 1 fully saturated rings. The Labute approximate surface area is 171 Å². The van der Waals surface area contributed by atoms with Gasteiger partial charge in [-0.1, -0.05) is 19.3 Å². The first-order valence-corrected chi connectivity index (χ1v) is 10.7. The first-order chi connectivity index (χ1) is 14.2. The van der Waals surface area contributed by atoms with Crippen LogP contribution in [0.4, 0.5) is 0 Å². The number of aryl methyl sites for hydroxylation is 2. The first kappa shape index (κ1) is 20.0. The van der Waals surface area contributed by atoms with Gasteiger partial charge >= 0.3 is 0 Å². The van der Waals surface area contributed by atoms with Crippen LogP contribution in [0, 0.1) is 12.8 Å². The Balaban J connectivity index is 1.72. The van der Waals surface area contributed by atoms with Crippen LogP contribution in [0.1, 0.15) is 55.8 Å². The van der Waals surface area contributed by atoms with Crippen LogP contribution in [0.3, 0.4) is 0 Å². The lowest BCUT2D eigenvalue weighted by Crippen LogP contribution is -2.14. The van der Waals surface area contributed by atoms with Gasteiger partial charge in [-0.15, -0.1) is 0 Å². The van der Waals surface area contributed by atoms with Crippen molar-refractivity contribution in [2.75, 3.05) is 6.61 Å². The maximum Gasteiger partial charge on any atom is 0.158 e. The Morgan fingerprint density at radius 3 is 2.72 bits per heavy atom. The second-order valence-corrected chi connectivity index (χ2v) is 8.04. The fourth-order valence-corrected chi connectivity index (χ4v) is 4.39. The highest BCUT2D eigenvalue weighted by atomic mass is 16.5. The average molecular weight is 395 g/mol. The van der Waals surface area contributed by atoms with Crippen molar-refractivity contribution in [2.45, 2.75) is 65.7 Å². The molecule has 154 valence electrons.